The van der Waals surface area contributed by atoms with Gasteiger partial charge in [0.1, 0.15) is 5.82 Å². The summed E-state index contributed by atoms with van der Waals surface area (Å²) in [5.74, 6) is 0.603. The van der Waals surface area contributed by atoms with Crippen molar-refractivity contribution in [3.63, 3.8) is 0 Å². The van der Waals surface area contributed by atoms with Gasteiger partial charge >= 0.3 is 0 Å². The predicted octanol–water partition coefficient (Wildman–Crippen LogP) is 3.56. The van der Waals surface area contributed by atoms with Gasteiger partial charge in [0.15, 0.2) is 0 Å². The number of thiazole rings is 1. The number of hydrogen-bond donors (Lipinski definition) is 1. The molecule has 0 spiro atoms. The second-order valence-corrected chi connectivity index (χ2v) is 6.86. The zero-order chi connectivity index (χ0) is 13.8. The van der Waals surface area contributed by atoms with Gasteiger partial charge in [0.05, 0.1) is 10.7 Å². The molecule has 0 fully saturated rings. The van der Waals surface area contributed by atoms with Gasteiger partial charge in [-0.15, -0.1) is 23.1 Å². The van der Waals surface area contributed by atoms with E-state index in [-0.39, 0.29) is 11.9 Å². The van der Waals surface area contributed by atoms with E-state index in [2.05, 4.69) is 11.9 Å². The number of rotatable bonds is 5. The minimum Gasteiger partial charge on any atom is -0.327 e. The molecule has 2 N–H and O–H groups in total. The summed E-state index contributed by atoms with van der Waals surface area (Å²) in [6.07, 6.45) is 0.799. The third kappa shape index (κ3) is 4.30. The Morgan fingerprint density at radius 1 is 1.32 bits per heavy atom. The van der Waals surface area contributed by atoms with Gasteiger partial charge in [-0.2, -0.15) is 0 Å². The first kappa shape index (κ1) is 14.5. The van der Waals surface area contributed by atoms with E-state index < -0.39 is 0 Å². The molecule has 2 aromatic rings. The molecule has 0 aliphatic heterocycles. The Hall–Kier alpha value is -0.910. The lowest BCUT2D eigenvalue weighted by Crippen LogP contribution is -2.25. The topological polar surface area (TPSA) is 38.9 Å². The van der Waals surface area contributed by atoms with Crippen molar-refractivity contribution in [2.75, 3.05) is 5.75 Å². The molecule has 0 saturated carbocycles. The van der Waals surface area contributed by atoms with Crippen LogP contribution in [-0.2, 0) is 6.42 Å². The quantitative estimate of drug-likeness (QED) is 0.857. The summed E-state index contributed by atoms with van der Waals surface area (Å²) in [4.78, 5) is 6.80. The molecule has 1 aromatic heterocycles. The van der Waals surface area contributed by atoms with E-state index in [9.17, 15) is 4.39 Å². The molecule has 1 heterocycles. The van der Waals surface area contributed by atoms with Crippen LogP contribution < -0.4 is 5.73 Å². The van der Waals surface area contributed by atoms with E-state index in [1.165, 1.54) is 17.0 Å². The molecule has 0 aliphatic carbocycles. The van der Waals surface area contributed by atoms with Crippen LogP contribution in [0.25, 0.3) is 0 Å². The fourth-order valence-corrected chi connectivity index (χ4v) is 3.52. The molecule has 1 aromatic carbocycles. The van der Waals surface area contributed by atoms with Crippen molar-refractivity contribution in [1.82, 2.24) is 4.98 Å². The van der Waals surface area contributed by atoms with Crippen LogP contribution >= 0.6 is 23.1 Å². The molecule has 2 nitrogen and oxygen atoms in total. The number of nitrogens with two attached hydrogens (primary N) is 1. The van der Waals surface area contributed by atoms with E-state index in [0.717, 1.165) is 27.8 Å². The Morgan fingerprint density at radius 2 is 2.00 bits per heavy atom. The van der Waals surface area contributed by atoms with Gasteiger partial charge in [-0.1, -0.05) is 0 Å². The third-order valence-corrected chi connectivity index (χ3v) is 5.08. The number of thioether (sulfide) groups is 1. The first-order valence-corrected chi connectivity index (χ1v) is 7.91. The highest BCUT2D eigenvalue weighted by Gasteiger charge is 2.10. The molecule has 0 amide bonds. The summed E-state index contributed by atoms with van der Waals surface area (Å²) in [5, 5.41) is 1.10. The number of halogens is 1. The van der Waals surface area contributed by atoms with Gasteiger partial charge in [-0.05, 0) is 38.1 Å². The van der Waals surface area contributed by atoms with Crippen LogP contribution in [0.1, 0.15) is 15.6 Å². The smallest absolute Gasteiger partial charge is 0.123 e. The molecule has 2 rings (SSSR count). The van der Waals surface area contributed by atoms with Crippen LogP contribution in [0.15, 0.2) is 29.2 Å². The van der Waals surface area contributed by atoms with Gasteiger partial charge < -0.3 is 5.73 Å². The largest absolute Gasteiger partial charge is 0.327 e. The summed E-state index contributed by atoms with van der Waals surface area (Å²) in [6, 6.07) is 6.58. The molecule has 102 valence electrons. The second kappa shape index (κ2) is 6.50. The van der Waals surface area contributed by atoms with Crippen molar-refractivity contribution in [2.45, 2.75) is 31.2 Å². The molecule has 19 heavy (non-hydrogen) atoms. The normalized spacial score (nSPS) is 12.6. The van der Waals surface area contributed by atoms with Crippen molar-refractivity contribution >= 4 is 23.1 Å². The zero-order valence-corrected chi connectivity index (χ0v) is 12.7. The summed E-state index contributed by atoms with van der Waals surface area (Å²) in [7, 11) is 0. The lowest BCUT2D eigenvalue weighted by Gasteiger charge is -2.09. The Balaban J connectivity index is 1.84. The van der Waals surface area contributed by atoms with Crippen LogP contribution in [-0.4, -0.2) is 16.8 Å². The number of aromatic nitrogens is 1. The second-order valence-electron chi connectivity index (χ2n) is 4.48. The van der Waals surface area contributed by atoms with Crippen molar-refractivity contribution in [2.24, 2.45) is 5.73 Å². The zero-order valence-electron chi connectivity index (χ0n) is 11.0. The standard InChI is InChI=1S/C14H17FN2S2/c1-9-10(2)19-14(17-9)7-12(16)8-18-13-5-3-11(15)4-6-13/h3-6,12H,7-8,16H2,1-2H3. The highest BCUT2D eigenvalue weighted by molar-refractivity contribution is 7.99. The molecule has 0 aliphatic rings. The molecular weight excluding hydrogens is 279 g/mol. The summed E-state index contributed by atoms with van der Waals surface area (Å²) in [5.41, 5.74) is 7.21. The molecule has 1 atom stereocenters. The first-order chi connectivity index (χ1) is 9.04. The highest BCUT2D eigenvalue weighted by Crippen LogP contribution is 2.21. The lowest BCUT2D eigenvalue weighted by molar-refractivity contribution is 0.626. The van der Waals surface area contributed by atoms with Crippen LogP contribution in [0, 0.1) is 19.7 Å². The molecule has 0 saturated heterocycles. The van der Waals surface area contributed by atoms with E-state index in [4.69, 9.17) is 5.73 Å². The fraction of sp³-hybridized carbons (Fsp3) is 0.357. The van der Waals surface area contributed by atoms with Gasteiger partial charge in [0.2, 0.25) is 0 Å². The first-order valence-electron chi connectivity index (χ1n) is 6.11. The number of hydrogen-bond acceptors (Lipinski definition) is 4. The number of aryl methyl sites for hydroxylation is 2. The summed E-state index contributed by atoms with van der Waals surface area (Å²) in [6.45, 7) is 4.10. The van der Waals surface area contributed by atoms with Gasteiger partial charge in [0, 0.05) is 28.0 Å². The maximum absolute atomic E-state index is 12.8. The summed E-state index contributed by atoms with van der Waals surface area (Å²) < 4.78 is 12.8. The average Bonchev–Trinajstić information content (AvgIpc) is 2.67. The number of benzene rings is 1. The lowest BCUT2D eigenvalue weighted by atomic mass is 10.2. The molecule has 0 bridgehead atoms. The highest BCUT2D eigenvalue weighted by atomic mass is 32.2. The molecule has 0 radical (unpaired) electrons. The van der Waals surface area contributed by atoms with Crippen molar-refractivity contribution in [1.29, 1.82) is 0 Å². The van der Waals surface area contributed by atoms with Crippen LogP contribution in [0.4, 0.5) is 4.39 Å². The molecule has 5 heteroatoms. The Bertz CT molecular complexity index is 517. The minimum atomic E-state index is -0.206. The van der Waals surface area contributed by atoms with E-state index in [1.54, 1.807) is 35.2 Å². The Kier molecular flexibility index (Phi) is 4.96. The van der Waals surface area contributed by atoms with E-state index >= 15 is 0 Å². The van der Waals surface area contributed by atoms with Gasteiger partial charge in [-0.25, -0.2) is 9.37 Å². The fourth-order valence-electron chi connectivity index (χ4n) is 1.64. The number of nitrogens with zero attached hydrogens (tertiary/aromatic N) is 1. The third-order valence-electron chi connectivity index (χ3n) is 2.79. The molecule has 1 unspecified atom stereocenters. The Labute approximate surface area is 121 Å². The van der Waals surface area contributed by atoms with Crippen LogP contribution in [0.3, 0.4) is 0 Å². The van der Waals surface area contributed by atoms with Crippen LogP contribution in [0.2, 0.25) is 0 Å². The summed E-state index contributed by atoms with van der Waals surface area (Å²) >= 11 is 3.37. The molecular formula is C14H17FN2S2. The van der Waals surface area contributed by atoms with Gasteiger partial charge in [0.25, 0.3) is 0 Å². The SMILES string of the molecule is Cc1nc(CC(N)CSc2ccc(F)cc2)sc1C. The van der Waals surface area contributed by atoms with Crippen molar-refractivity contribution in [3.05, 3.63) is 45.7 Å². The van der Waals surface area contributed by atoms with Gasteiger partial charge in [-0.3, -0.25) is 0 Å². The maximum Gasteiger partial charge on any atom is 0.123 e. The Morgan fingerprint density at radius 3 is 2.58 bits per heavy atom. The van der Waals surface area contributed by atoms with E-state index in [1.807, 2.05) is 6.92 Å². The predicted molar refractivity (Wildman–Crippen MR) is 80.4 cm³/mol. The average molecular weight is 296 g/mol. The van der Waals surface area contributed by atoms with Crippen molar-refractivity contribution < 1.29 is 4.39 Å². The maximum atomic E-state index is 12.8. The van der Waals surface area contributed by atoms with Crippen molar-refractivity contribution in [3.8, 4) is 0 Å². The van der Waals surface area contributed by atoms with E-state index in [0.29, 0.717) is 0 Å². The minimum absolute atomic E-state index is 0.0694. The van der Waals surface area contributed by atoms with Crippen LogP contribution in [0.5, 0.6) is 0 Å². The monoisotopic (exact) mass is 296 g/mol.